The van der Waals surface area contributed by atoms with Crippen LogP contribution in [0.4, 0.5) is 0 Å². The smallest absolute Gasteiger partial charge is 0.309 e. The molecule has 0 amide bonds. The minimum Gasteiger partial charge on any atom is -0.494 e. The van der Waals surface area contributed by atoms with Gasteiger partial charge in [0, 0.05) is 0 Å². The minimum atomic E-state index is -1.38. The second-order valence-electron chi connectivity index (χ2n) is 4.78. The monoisotopic (exact) mass is 266 g/mol. The van der Waals surface area contributed by atoms with Crippen LogP contribution in [-0.4, -0.2) is 22.8 Å². The molecule has 2 N–H and O–H groups in total. The number of hydrogen-bond acceptors (Lipinski definition) is 3. The Kier molecular flexibility index (Phi) is 5.36. The fourth-order valence-electron chi connectivity index (χ4n) is 2.19. The van der Waals surface area contributed by atoms with Crippen molar-refractivity contribution in [3.8, 4) is 5.75 Å². The minimum absolute atomic E-state index is 0.440. The molecule has 106 valence electrons. The summed E-state index contributed by atoms with van der Waals surface area (Å²) in [6.45, 7) is 5.93. The van der Waals surface area contributed by atoms with Crippen LogP contribution in [0.2, 0.25) is 0 Å². The molecular formula is C15H22O4. The average molecular weight is 266 g/mol. The lowest BCUT2D eigenvalue weighted by Gasteiger charge is -2.30. The predicted octanol–water partition coefficient (Wildman–Crippen LogP) is 2.79. The second kappa shape index (κ2) is 6.57. The second-order valence-corrected chi connectivity index (χ2v) is 4.78. The van der Waals surface area contributed by atoms with E-state index >= 15 is 0 Å². The maximum Gasteiger partial charge on any atom is 0.309 e. The topological polar surface area (TPSA) is 66.8 Å². The average Bonchev–Trinajstić information content (AvgIpc) is 2.36. The molecule has 1 aromatic rings. The number of aliphatic hydroxyl groups is 1. The van der Waals surface area contributed by atoms with Crippen molar-refractivity contribution in [2.24, 2.45) is 5.92 Å². The van der Waals surface area contributed by atoms with Gasteiger partial charge in [-0.1, -0.05) is 25.5 Å². The van der Waals surface area contributed by atoms with Gasteiger partial charge in [-0.15, -0.1) is 0 Å². The van der Waals surface area contributed by atoms with Crippen LogP contribution < -0.4 is 4.74 Å². The number of hydrogen-bond donors (Lipinski definition) is 2. The Balaban J connectivity index is 2.99. The zero-order chi connectivity index (χ0) is 14.5. The van der Waals surface area contributed by atoms with E-state index in [-0.39, 0.29) is 0 Å². The lowest BCUT2D eigenvalue weighted by Crippen LogP contribution is -2.37. The quantitative estimate of drug-likeness (QED) is 0.796. The first-order valence-electron chi connectivity index (χ1n) is 6.62. The van der Waals surface area contributed by atoms with E-state index in [9.17, 15) is 15.0 Å². The van der Waals surface area contributed by atoms with Crippen molar-refractivity contribution >= 4 is 5.97 Å². The number of carboxylic acids is 1. The third-order valence-electron chi connectivity index (χ3n) is 3.30. The van der Waals surface area contributed by atoms with Crippen LogP contribution in [0, 0.1) is 5.92 Å². The third-order valence-corrected chi connectivity index (χ3v) is 3.30. The number of benzene rings is 1. The van der Waals surface area contributed by atoms with Crippen LogP contribution in [0.5, 0.6) is 5.75 Å². The summed E-state index contributed by atoms with van der Waals surface area (Å²) in [6.07, 6.45) is 1.15. The van der Waals surface area contributed by atoms with Gasteiger partial charge in [-0.3, -0.25) is 4.79 Å². The molecular weight excluding hydrogens is 244 g/mol. The summed E-state index contributed by atoms with van der Waals surface area (Å²) in [5.74, 6) is -1.07. The van der Waals surface area contributed by atoms with Crippen molar-refractivity contribution in [2.75, 3.05) is 6.61 Å². The number of rotatable bonds is 7. The van der Waals surface area contributed by atoms with Gasteiger partial charge in [0.25, 0.3) is 0 Å². The van der Waals surface area contributed by atoms with E-state index in [4.69, 9.17) is 4.74 Å². The van der Waals surface area contributed by atoms with E-state index < -0.39 is 17.5 Å². The number of carboxylic acid groups (broad SMARTS) is 1. The van der Waals surface area contributed by atoms with Crippen molar-refractivity contribution in [3.63, 3.8) is 0 Å². The fraction of sp³-hybridized carbons (Fsp3) is 0.533. The maximum absolute atomic E-state index is 11.3. The highest BCUT2D eigenvalue weighted by Gasteiger charge is 2.38. The van der Waals surface area contributed by atoms with Crippen LogP contribution in [0.1, 0.15) is 39.2 Å². The maximum atomic E-state index is 11.3. The van der Waals surface area contributed by atoms with Gasteiger partial charge in [-0.25, -0.2) is 0 Å². The Morgan fingerprint density at radius 1 is 1.32 bits per heavy atom. The van der Waals surface area contributed by atoms with Crippen LogP contribution in [0.3, 0.4) is 0 Å². The largest absolute Gasteiger partial charge is 0.494 e. The molecule has 2 unspecified atom stereocenters. The molecule has 0 fully saturated rings. The van der Waals surface area contributed by atoms with Gasteiger partial charge < -0.3 is 14.9 Å². The van der Waals surface area contributed by atoms with Gasteiger partial charge in [-0.2, -0.15) is 0 Å². The molecule has 1 aromatic carbocycles. The molecule has 0 aliphatic rings. The van der Waals surface area contributed by atoms with Crippen LogP contribution >= 0.6 is 0 Å². The zero-order valence-corrected chi connectivity index (χ0v) is 11.7. The van der Waals surface area contributed by atoms with Crippen LogP contribution in [-0.2, 0) is 10.4 Å². The summed E-state index contributed by atoms with van der Waals surface area (Å²) in [4.78, 5) is 11.3. The molecule has 4 nitrogen and oxygen atoms in total. The van der Waals surface area contributed by atoms with E-state index in [1.54, 1.807) is 31.2 Å². The third kappa shape index (κ3) is 3.70. The standard InChI is InChI=1S/C15H22O4/c1-4-6-13(14(16)17)15(3,18)11-7-9-12(10-8-11)19-5-2/h7-10,13,18H,4-6H2,1-3H3,(H,16,17). The van der Waals surface area contributed by atoms with Gasteiger partial charge in [0.05, 0.1) is 12.5 Å². The number of ether oxygens (including phenoxy) is 1. The zero-order valence-electron chi connectivity index (χ0n) is 11.7. The normalized spacial score (nSPS) is 15.6. The lowest BCUT2D eigenvalue weighted by molar-refractivity contribution is -0.152. The summed E-state index contributed by atoms with van der Waals surface area (Å²) in [7, 11) is 0. The highest BCUT2D eigenvalue weighted by molar-refractivity contribution is 5.72. The molecule has 1 rings (SSSR count). The predicted molar refractivity (Wildman–Crippen MR) is 73.2 cm³/mol. The van der Waals surface area contributed by atoms with E-state index in [1.165, 1.54) is 0 Å². The molecule has 0 aliphatic carbocycles. The Morgan fingerprint density at radius 3 is 2.32 bits per heavy atom. The van der Waals surface area contributed by atoms with Crippen molar-refractivity contribution in [3.05, 3.63) is 29.8 Å². The van der Waals surface area contributed by atoms with Crippen molar-refractivity contribution < 1.29 is 19.7 Å². The summed E-state index contributed by atoms with van der Waals surface area (Å²) >= 11 is 0. The molecule has 0 heterocycles. The van der Waals surface area contributed by atoms with E-state index in [1.807, 2.05) is 13.8 Å². The van der Waals surface area contributed by atoms with Crippen molar-refractivity contribution in [1.82, 2.24) is 0 Å². The first kappa shape index (κ1) is 15.5. The van der Waals surface area contributed by atoms with E-state index in [2.05, 4.69) is 0 Å². The summed E-state index contributed by atoms with van der Waals surface area (Å²) in [5, 5.41) is 19.8. The first-order chi connectivity index (χ1) is 8.93. The Morgan fingerprint density at radius 2 is 1.89 bits per heavy atom. The molecule has 0 saturated heterocycles. The molecule has 4 heteroatoms. The van der Waals surface area contributed by atoms with Gasteiger partial charge in [0.15, 0.2) is 0 Å². The molecule has 2 atom stereocenters. The van der Waals surface area contributed by atoms with Crippen molar-refractivity contribution in [1.29, 1.82) is 0 Å². The van der Waals surface area contributed by atoms with Crippen LogP contribution in [0.25, 0.3) is 0 Å². The molecule has 0 bridgehead atoms. The van der Waals surface area contributed by atoms with Gasteiger partial charge >= 0.3 is 5.97 Å². The Bertz CT molecular complexity index is 409. The number of carbonyl (C=O) groups is 1. The van der Waals surface area contributed by atoms with Crippen LogP contribution in [0.15, 0.2) is 24.3 Å². The van der Waals surface area contributed by atoms with E-state index in [0.717, 1.165) is 0 Å². The highest BCUT2D eigenvalue weighted by atomic mass is 16.5. The lowest BCUT2D eigenvalue weighted by atomic mass is 9.80. The first-order valence-corrected chi connectivity index (χ1v) is 6.62. The molecule has 0 spiro atoms. The summed E-state index contributed by atoms with van der Waals surface area (Å²) in [5.41, 5.74) is -0.788. The molecule has 0 aromatic heterocycles. The Hall–Kier alpha value is -1.55. The molecule has 19 heavy (non-hydrogen) atoms. The summed E-state index contributed by atoms with van der Waals surface area (Å²) < 4.78 is 5.33. The van der Waals surface area contributed by atoms with Gasteiger partial charge in [-0.05, 0) is 38.0 Å². The number of aliphatic carboxylic acids is 1. The SMILES string of the molecule is CCCC(C(=O)O)C(C)(O)c1ccc(OCC)cc1. The fourth-order valence-corrected chi connectivity index (χ4v) is 2.19. The van der Waals surface area contributed by atoms with Crippen molar-refractivity contribution in [2.45, 2.75) is 39.2 Å². The molecule has 0 saturated carbocycles. The Labute approximate surface area is 114 Å². The molecule has 0 radical (unpaired) electrons. The molecule has 0 aliphatic heterocycles. The van der Waals surface area contributed by atoms with Gasteiger partial charge in [0.1, 0.15) is 11.4 Å². The van der Waals surface area contributed by atoms with E-state index in [0.29, 0.717) is 30.8 Å². The highest BCUT2D eigenvalue weighted by Crippen LogP contribution is 2.33. The van der Waals surface area contributed by atoms with Gasteiger partial charge in [0.2, 0.25) is 0 Å². The summed E-state index contributed by atoms with van der Waals surface area (Å²) in [6, 6.07) is 6.93.